The maximum absolute atomic E-state index is 12.4. The topological polar surface area (TPSA) is 64.3 Å². The van der Waals surface area contributed by atoms with Gasteiger partial charge in [0.05, 0.1) is 18.6 Å². The van der Waals surface area contributed by atoms with Crippen LogP contribution in [0.5, 0.6) is 0 Å². The number of ether oxygens (including phenoxy) is 1. The Kier molecular flexibility index (Phi) is 5.22. The maximum atomic E-state index is 12.4. The molecule has 3 N–H and O–H groups in total. The quantitative estimate of drug-likeness (QED) is 0.738. The Balaban J connectivity index is 1.88. The van der Waals surface area contributed by atoms with Crippen molar-refractivity contribution in [2.75, 3.05) is 13.7 Å². The lowest BCUT2D eigenvalue weighted by atomic mass is 9.84. The normalized spacial score (nSPS) is 34.5. The van der Waals surface area contributed by atoms with Crippen LogP contribution < -0.4 is 11.1 Å². The molecular weight excluding hydrogens is 240 g/mol. The molecule has 2 rings (SSSR count). The first-order valence-corrected chi connectivity index (χ1v) is 7.72. The molecule has 19 heavy (non-hydrogen) atoms. The van der Waals surface area contributed by atoms with Gasteiger partial charge in [0.25, 0.3) is 0 Å². The number of hydrogen-bond donors (Lipinski definition) is 2. The van der Waals surface area contributed by atoms with Crippen LogP contribution >= 0.6 is 0 Å². The van der Waals surface area contributed by atoms with Gasteiger partial charge < -0.3 is 15.8 Å². The van der Waals surface area contributed by atoms with Crippen molar-refractivity contribution >= 4 is 5.91 Å². The van der Waals surface area contributed by atoms with Crippen LogP contribution in [0.15, 0.2) is 0 Å². The van der Waals surface area contributed by atoms with Crippen LogP contribution in [0, 0.1) is 17.8 Å². The highest BCUT2D eigenvalue weighted by molar-refractivity contribution is 5.80. The van der Waals surface area contributed by atoms with Crippen LogP contribution in [0.1, 0.15) is 45.4 Å². The van der Waals surface area contributed by atoms with E-state index >= 15 is 0 Å². The van der Waals surface area contributed by atoms with E-state index in [1.165, 1.54) is 12.8 Å². The standard InChI is InChI=1S/C15H28N2O2/c1-3-4-5-12(9-19-2)17-15(18)13-10-6-7-11(8-10)14(13)16/h10-14H,3-9,16H2,1-2H3,(H,17,18). The van der Waals surface area contributed by atoms with Gasteiger partial charge in [-0.25, -0.2) is 0 Å². The van der Waals surface area contributed by atoms with Crippen molar-refractivity contribution in [1.82, 2.24) is 5.32 Å². The average molecular weight is 268 g/mol. The molecule has 0 aliphatic heterocycles. The highest BCUT2D eigenvalue weighted by atomic mass is 16.5. The highest BCUT2D eigenvalue weighted by Crippen LogP contribution is 2.47. The van der Waals surface area contributed by atoms with E-state index in [1.54, 1.807) is 7.11 Å². The smallest absolute Gasteiger partial charge is 0.225 e. The third kappa shape index (κ3) is 3.29. The summed E-state index contributed by atoms with van der Waals surface area (Å²) in [6.07, 6.45) is 6.81. The minimum Gasteiger partial charge on any atom is -0.383 e. The monoisotopic (exact) mass is 268 g/mol. The molecule has 0 radical (unpaired) electrons. The third-order valence-electron chi connectivity index (χ3n) is 4.90. The predicted molar refractivity (Wildman–Crippen MR) is 75.6 cm³/mol. The zero-order chi connectivity index (χ0) is 13.8. The number of unbranched alkanes of at least 4 members (excludes halogenated alkanes) is 1. The molecule has 0 aromatic rings. The fourth-order valence-electron chi connectivity index (χ4n) is 3.87. The molecule has 2 bridgehead atoms. The fraction of sp³-hybridized carbons (Fsp3) is 0.933. The molecule has 0 spiro atoms. The van der Waals surface area contributed by atoms with Crippen LogP contribution in [0.3, 0.4) is 0 Å². The van der Waals surface area contributed by atoms with Crippen molar-refractivity contribution in [2.45, 2.75) is 57.5 Å². The lowest BCUT2D eigenvalue weighted by molar-refractivity contribution is -0.128. The van der Waals surface area contributed by atoms with Gasteiger partial charge in [0.2, 0.25) is 5.91 Å². The molecule has 4 nitrogen and oxygen atoms in total. The first kappa shape index (κ1) is 14.8. The Hall–Kier alpha value is -0.610. The molecule has 2 aliphatic carbocycles. The van der Waals surface area contributed by atoms with E-state index in [9.17, 15) is 4.79 Å². The lowest BCUT2D eigenvalue weighted by Crippen LogP contribution is -2.49. The van der Waals surface area contributed by atoms with E-state index < -0.39 is 0 Å². The summed E-state index contributed by atoms with van der Waals surface area (Å²) in [5.41, 5.74) is 6.22. The van der Waals surface area contributed by atoms with Crippen LogP contribution in [-0.2, 0) is 9.53 Å². The SMILES string of the molecule is CCCCC(COC)NC(=O)C1C2CCC(C2)C1N. The van der Waals surface area contributed by atoms with Gasteiger partial charge in [0.15, 0.2) is 0 Å². The van der Waals surface area contributed by atoms with Crippen LogP contribution in [0.2, 0.25) is 0 Å². The number of amides is 1. The Bertz CT molecular complexity index is 307. The molecule has 0 saturated heterocycles. The third-order valence-corrected chi connectivity index (χ3v) is 4.90. The minimum atomic E-state index is 0.0414. The summed E-state index contributed by atoms with van der Waals surface area (Å²) in [7, 11) is 1.69. The molecule has 0 aromatic carbocycles. The first-order valence-electron chi connectivity index (χ1n) is 7.72. The summed E-state index contributed by atoms with van der Waals surface area (Å²) in [4.78, 5) is 12.4. The van der Waals surface area contributed by atoms with Gasteiger partial charge in [-0.1, -0.05) is 19.8 Å². The Morgan fingerprint density at radius 3 is 2.74 bits per heavy atom. The van der Waals surface area contributed by atoms with Crippen LogP contribution in [0.25, 0.3) is 0 Å². The number of hydrogen-bond acceptors (Lipinski definition) is 3. The average Bonchev–Trinajstić information content (AvgIpc) is 2.96. The van der Waals surface area contributed by atoms with Crippen molar-refractivity contribution in [1.29, 1.82) is 0 Å². The summed E-state index contributed by atoms with van der Waals surface area (Å²) in [6.45, 7) is 2.76. The molecule has 0 heterocycles. The summed E-state index contributed by atoms with van der Waals surface area (Å²) < 4.78 is 5.21. The zero-order valence-corrected chi connectivity index (χ0v) is 12.2. The molecule has 2 aliphatic rings. The van der Waals surface area contributed by atoms with E-state index in [2.05, 4.69) is 12.2 Å². The van der Waals surface area contributed by atoms with E-state index in [-0.39, 0.29) is 23.9 Å². The Morgan fingerprint density at radius 1 is 1.42 bits per heavy atom. The van der Waals surface area contributed by atoms with Crippen molar-refractivity contribution in [3.63, 3.8) is 0 Å². The van der Waals surface area contributed by atoms with Crippen molar-refractivity contribution < 1.29 is 9.53 Å². The predicted octanol–water partition coefficient (Wildman–Crippen LogP) is 1.68. The largest absolute Gasteiger partial charge is 0.383 e. The minimum absolute atomic E-state index is 0.0414. The molecule has 0 aromatic heterocycles. The highest BCUT2D eigenvalue weighted by Gasteiger charge is 2.49. The first-order chi connectivity index (χ1) is 9.17. The Morgan fingerprint density at radius 2 is 2.16 bits per heavy atom. The summed E-state index contributed by atoms with van der Waals surface area (Å²) in [5, 5.41) is 3.17. The molecule has 110 valence electrons. The number of rotatable bonds is 7. The molecule has 5 atom stereocenters. The number of methoxy groups -OCH3 is 1. The van der Waals surface area contributed by atoms with Gasteiger partial charge in [-0.2, -0.15) is 0 Å². The maximum Gasteiger partial charge on any atom is 0.225 e. The number of nitrogens with two attached hydrogens (primary N) is 1. The Labute approximate surface area is 116 Å². The van der Waals surface area contributed by atoms with Gasteiger partial charge in [0, 0.05) is 13.2 Å². The van der Waals surface area contributed by atoms with Crippen LogP contribution in [0.4, 0.5) is 0 Å². The van der Waals surface area contributed by atoms with E-state index in [0.29, 0.717) is 18.4 Å². The van der Waals surface area contributed by atoms with Gasteiger partial charge in [-0.15, -0.1) is 0 Å². The summed E-state index contributed by atoms with van der Waals surface area (Å²) in [5.74, 6) is 1.31. The van der Waals surface area contributed by atoms with E-state index in [1.807, 2.05) is 0 Å². The number of nitrogens with one attached hydrogen (secondary N) is 1. The van der Waals surface area contributed by atoms with Crippen molar-refractivity contribution in [3.05, 3.63) is 0 Å². The van der Waals surface area contributed by atoms with Gasteiger partial charge >= 0.3 is 0 Å². The summed E-state index contributed by atoms with van der Waals surface area (Å²) >= 11 is 0. The van der Waals surface area contributed by atoms with E-state index in [4.69, 9.17) is 10.5 Å². The van der Waals surface area contributed by atoms with Gasteiger partial charge in [-0.05, 0) is 37.5 Å². The molecule has 1 amide bonds. The summed E-state index contributed by atoms with van der Waals surface area (Å²) in [6, 6.07) is 0.219. The van der Waals surface area contributed by atoms with E-state index in [0.717, 1.165) is 25.7 Å². The lowest BCUT2D eigenvalue weighted by Gasteiger charge is -2.29. The molecule has 2 saturated carbocycles. The molecule has 2 fully saturated rings. The van der Waals surface area contributed by atoms with Gasteiger partial charge in [-0.3, -0.25) is 4.79 Å². The van der Waals surface area contributed by atoms with Crippen molar-refractivity contribution in [3.8, 4) is 0 Å². The van der Waals surface area contributed by atoms with Crippen LogP contribution in [-0.4, -0.2) is 31.7 Å². The fourth-order valence-corrected chi connectivity index (χ4v) is 3.87. The number of carbonyl (C=O) groups is 1. The van der Waals surface area contributed by atoms with Gasteiger partial charge in [0.1, 0.15) is 0 Å². The number of carbonyl (C=O) groups excluding carboxylic acids is 1. The molecule has 4 heteroatoms. The molecule has 5 unspecified atom stereocenters. The second kappa shape index (κ2) is 6.71. The number of fused-ring (bicyclic) bond motifs is 2. The second-order valence-corrected chi connectivity index (χ2v) is 6.24. The van der Waals surface area contributed by atoms with Crippen molar-refractivity contribution in [2.24, 2.45) is 23.5 Å². The second-order valence-electron chi connectivity index (χ2n) is 6.24. The zero-order valence-electron chi connectivity index (χ0n) is 12.2. The molecular formula is C15H28N2O2.